The number of esters is 1. The molecular formula is C63H117NO5. The maximum atomic E-state index is 12.4. The van der Waals surface area contributed by atoms with Gasteiger partial charge in [0.15, 0.2) is 0 Å². The van der Waals surface area contributed by atoms with Crippen LogP contribution >= 0.6 is 0 Å². The lowest BCUT2D eigenvalue weighted by molar-refractivity contribution is -0.143. The Morgan fingerprint density at radius 2 is 0.725 bits per heavy atom. The monoisotopic (exact) mass is 968 g/mol. The molecule has 0 fully saturated rings. The first-order chi connectivity index (χ1) is 34.0. The highest BCUT2D eigenvalue weighted by atomic mass is 16.5. The molecule has 69 heavy (non-hydrogen) atoms. The number of rotatable bonds is 56. The van der Waals surface area contributed by atoms with Crippen LogP contribution in [0, 0.1) is 0 Å². The van der Waals surface area contributed by atoms with Gasteiger partial charge in [-0.3, -0.25) is 9.59 Å². The number of hydrogen-bond acceptors (Lipinski definition) is 5. The number of ether oxygens (including phenoxy) is 1. The Morgan fingerprint density at radius 3 is 1.13 bits per heavy atom. The van der Waals surface area contributed by atoms with Crippen LogP contribution in [0.3, 0.4) is 0 Å². The second-order valence-electron chi connectivity index (χ2n) is 20.7. The van der Waals surface area contributed by atoms with Gasteiger partial charge in [0.25, 0.3) is 0 Å². The van der Waals surface area contributed by atoms with Crippen LogP contribution in [-0.2, 0) is 14.3 Å². The van der Waals surface area contributed by atoms with E-state index in [9.17, 15) is 19.8 Å². The van der Waals surface area contributed by atoms with E-state index in [0.29, 0.717) is 19.4 Å². The van der Waals surface area contributed by atoms with Gasteiger partial charge in [0.05, 0.1) is 25.4 Å². The molecule has 2 unspecified atom stereocenters. The average Bonchev–Trinajstić information content (AvgIpc) is 3.35. The molecule has 0 bridgehead atoms. The van der Waals surface area contributed by atoms with Crippen LogP contribution < -0.4 is 5.32 Å². The van der Waals surface area contributed by atoms with E-state index >= 15 is 0 Å². The molecule has 6 heteroatoms. The van der Waals surface area contributed by atoms with E-state index in [0.717, 1.165) is 51.4 Å². The van der Waals surface area contributed by atoms with Crippen LogP contribution in [0.4, 0.5) is 0 Å². The second kappa shape index (κ2) is 58.4. The fourth-order valence-electron chi connectivity index (χ4n) is 9.13. The van der Waals surface area contributed by atoms with Gasteiger partial charge >= 0.3 is 5.97 Å². The van der Waals surface area contributed by atoms with Gasteiger partial charge in [0.1, 0.15) is 0 Å². The Hall–Kier alpha value is -2.18. The molecule has 0 spiro atoms. The predicted molar refractivity (Wildman–Crippen MR) is 301 cm³/mol. The van der Waals surface area contributed by atoms with E-state index in [2.05, 4.69) is 55.6 Å². The minimum atomic E-state index is -0.847. The maximum Gasteiger partial charge on any atom is 0.305 e. The molecule has 6 nitrogen and oxygen atoms in total. The molecule has 0 aliphatic heterocycles. The first-order valence-electron chi connectivity index (χ1n) is 30.4. The van der Waals surface area contributed by atoms with Crippen molar-refractivity contribution in [1.29, 1.82) is 0 Å². The number of allylic oxidation sites excluding steroid dienone is 7. The van der Waals surface area contributed by atoms with Crippen molar-refractivity contribution in [3.63, 3.8) is 0 Å². The molecular weight excluding hydrogens is 851 g/mol. The van der Waals surface area contributed by atoms with E-state index in [1.54, 1.807) is 6.08 Å². The van der Waals surface area contributed by atoms with Crippen LogP contribution in [0.1, 0.15) is 316 Å². The van der Waals surface area contributed by atoms with Gasteiger partial charge in [-0.1, -0.05) is 262 Å². The smallest absolute Gasteiger partial charge is 0.305 e. The number of carbonyl (C=O) groups is 2. The summed E-state index contributed by atoms with van der Waals surface area (Å²) >= 11 is 0. The van der Waals surface area contributed by atoms with Gasteiger partial charge in [-0.15, -0.1) is 0 Å². The Kier molecular flexibility index (Phi) is 56.5. The molecule has 0 aromatic heterocycles. The molecule has 0 radical (unpaired) electrons. The number of aliphatic hydroxyl groups excluding tert-OH is 2. The van der Waals surface area contributed by atoms with Gasteiger partial charge in [-0.2, -0.15) is 0 Å². The van der Waals surface area contributed by atoms with Crippen LogP contribution in [0.5, 0.6) is 0 Å². The Bertz CT molecular complexity index is 1160. The highest BCUT2D eigenvalue weighted by Gasteiger charge is 2.18. The van der Waals surface area contributed by atoms with Crippen LogP contribution in [-0.4, -0.2) is 47.4 Å². The first kappa shape index (κ1) is 66.8. The lowest BCUT2D eigenvalue weighted by atomic mass is 10.0. The highest BCUT2D eigenvalue weighted by Crippen LogP contribution is 2.16. The molecule has 2 atom stereocenters. The lowest BCUT2D eigenvalue weighted by Gasteiger charge is -2.20. The van der Waals surface area contributed by atoms with E-state index in [4.69, 9.17) is 4.74 Å². The summed E-state index contributed by atoms with van der Waals surface area (Å²) in [4.78, 5) is 24.5. The molecule has 0 aliphatic carbocycles. The average molecular weight is 969 g/mol. The topological polar surface area (TPSA) is 95.9 Å². The zero-order valence-corrected chi connectivity index (χ0v) is 46.0. The molecule has 1 amide bonds. The Labute approximate surface area is 429 Å². The summed E-state index contributed by atoms with van der Waals surface area (Å²) in [6.07, 6.45) is 74.3. The molecule has 0 aromatic rings. The minimum Gasteiger partial charge on any atom is -0.466 e. The molecule has 0 heterocycles. The summed E-state index contributed by atoms with van der Waals surface area (Å²) in [7, 11) is 0. The van der Waals surface area contributed by atoms with E-state index in [1.165, 1.54) is 238 Å². The number of nitrogens with one attached hydrogen (secondary N) is 1. The third kappa shape index (κ3) is 55.0. The van der Waals surface area contributed by atoms with E-state index < -0.39 is 12.1 Å². The van der Waals surface area contributed by atoms with Crippen molar-refractivity contribution in [3.05, 3.63) is 48.6 Å². The van der Waals surface area contributed by atoms with Crippen LogP contribution in [0.25, 0.3) is 0 Å². The van der Waals surface area contributed by atoms with Crippen molar-refractivity contribution in [1.82, 2.24) is 5.32 Å². The summed E-state index contributed by atoms with van der Waals surface area (Å²) in [6, 6.07) is -0.631. The van der Waals surface area contributed by atoms with Crippen molar-refractivity contribution in [3.8, 4) is 0 Å². The summed E-state index contributed by atoms with van der Waals surface area (Å²) in [5, 5.41) is 23.0. The molecule has 0 aliphatic rings. The van der Waals surface area contributed by atoms with E-state index in [1.807, 2.05) is 6.08 Å². The Balaban J connectivity index is 3.42. The summed E-state index contributed by atoms with van der Waals surface area (Å²) in [6.45, 7) is 4.87. The lowest BCUT2D eigenvalue weighted by Crippen LogP contribution is -2.45. The molecule has 0 rings (SSSR count). The molecule has 404 valence electrons. The summed E-state index contributed by atoms with van der Waals surface area (Å²) in [5.41, 5.74) is 0. The summed E-state index contributed by atoms with van der Waals surface area (Å²) < 4.78 is 5.48. The highest BCUT2D eigenvalue weighted by molar-refractivity contribution is 5.76. The second-order valence-corrected chi connectivity index (χ2v) is 20.7. The van der Waals surface area contributed by atoms with Crippen LogP contribution in [0.2, 0.25) is 0 Å². The number of unbranched alkanes of at least 4 members (excludes halogenated alkanes) is 39. The van der Waals surface area contributed by atoms with Gasteiger partial charge in [0, 0.05) is 12.8 Å². The predicted octanol–water partition coefficient (Wildman–Crippen LogP) is 19.0. The van der Waals surface area contributed by atoms with Crippen molar-refractivity contribution < 1.29 is 24.5 Å². The normalized spacial score (nSPS) is 12.9. The van der Waals surface area contributed by atoms with Crippen molar-refractivity contribution in [2.24, 2.45) is 0 Å². The molecule has 0 aromatic carbocycles. The standard InChI is InChI=1S/C63H117NO5/c1-3-5-7-9-11-13-15-17-18-30-33-37-41-45-49-53-57-63(68)69-58-54-50-46-42-38-34-31-28-26-24-22-20-19-21-23-25-27-29-32-36-40-44-48-52-56-62(67)64-60(59-65)61(66)55-51-47-43-39-35-16-14-12-10-8-6-4-2/h13,15,18,21,23,30,51,55,60-61,65-66H,3-12,14,16-17,19-20,22,24-29,31-50,52-54,56-59H2,1-2H3,(H,64,67)/b15-13-,23-21-,30-18-,55-51+. The summed E-state index contributed by atoms with van der Waals surface area (Å²) in [5.74, 6) is -0.0755. The quantitative estimate of drug-likeness (QED) is 0.0321. The number of carbonyl (C=O) groups excluding carboxylic acids is 2. The van der Waals surface area contributed by atoms with Gasteiger partial charge in [-0.05, 0) is 89.9 Å². The van der Waals surface area contributed by atoms with Gasteiger partial charge in [-0.25, -0.2) is 0 Å². The maximum absolute atomic E-state index is 12.4. The zero-order valence-electron chi connectivity index (χ0n) is 46.0. The number of amides is 1. The number of hydrogen-bond donors (Lipinski definition) is 3. The third-order valence-electron chi connectivity index (χ3n) is 13.8. The number of aliphatic hydroxyl groups is 2. The van der Waals surface area contributed by atoms with Crippen molar-refractivity contribution >= 4 is 11.9 Å². The van der Waals surface area contributed by atoms with Crippen molar-refractivity contribution in [2.45, 2.75) is 328 Å². The van der Waals surface area contributed by atoms with Crippen molar-refractivity contribution in [2.75, 3.05) is 13.2 Å². The SMILES string of the molecule is CCCCCC/C=C\C/C=C\CCCCCCCC(=O)OCCCCCCCCCCCCCC/C=C\CCCCCCCCCCC(=O)NC(CO)C(O)/C=C/CCCCCCCCCCCC. The van der Waals surface area contributed by atoms with Gasteiger partial charge < -0.3 is 20.3 Å². The van der Waals surface area contributed by atoms with Crippen LogP contribution in [0.15, 0.2) is 48.6 Å². The molecule has 0 saturated heterocycles. The Morgan fingerprint density at radius 1 is 0.406 bits per heavy atom. The largest absolute Gasteiger partial charge is 0.466 e. The fraction of sp³-hybridized carbons (Fsp3) is 0.841. The van der Waals surface area contributed by atoms with Gasteiger partial charge in [0.2, 0.25) is 5.91 Å². The third-order valence-corrected chi connectivity index (χ3v) is 13.8. The molecule has 3 N–H and O–H groups in total. The molecule has 0 saturated carbocycles. The zero-order chi connectivity index (χ0) is 50.0. The fourth-order valence-corrected chi connectivity index (χ4v) is 9.13. The first-order valence-corrected chi connectivity index (χ1v) is 30.4. The van der Waals surface area contributed by atoms with E-state index in [-0.39, 0.29) is 18.5 Å². The minimum absolute atomic E-state index is 0.00190.